The van der Waals surface area contributed by atoms with Crippen LogP contribution in [0.1, 0.15) is 6.42 Å². The van der Waals surface area contributed by atoms with Gasteiger partial charge < -0.3 is 15.6 Å². The van der Waals surface area contributed by atoms with Crippen molar-refractivity contribution in [2.75, 3.05) is 13.2 Å². The van der Waals surface area contributed by atoms with Gasteiger partial charge in [0, 0.05) is 24.2 Å². The van der Waals surface area contributed by atoms with Crippen LogP contribution in [0.15, 0.2) is 36.5 Å². The largest absolute Gasteiger partial charge is 0.490 e. The van der Waals surface area contributed by atoms with Crippen LogP contribution >= 0.6 is 0 Å². The van der Waals surface area contributed by atoms with Gasteiger partial charge in [-0.3, -0.25) is 4.98 Å². The Hall–Kier alpha value is -1.65. The van der Waals surface area contributed by atoms with Gasteiger partial charge in [-0.1, -0.05) is 18.2 Å². The molecule has 0 aliphatic heterocycles. The van der Waals surface area contributed by atoms with Gasteiger partial charge in [-0.15, -0.1) is 0 Å². The number of aliphatic hydroxyl groups excluding tert-OH is 1. The van der Waals surface area contributed by atoms with Gasteiger partial charge in [0.2, 0.25) is 0 Å². The Morgan fingerprint density at radius 3 is 2.94 bits per heavy atom. The Morgan fingerprint density at radius 1 is 1.29 bits per heavy atom. The standard InChI is InChI=1S/C13H16N2O2/c14-11(6-8-16)9-17-12-5-1-3-10-4-2-7-15-13(10)12/h1-5,7,11,16H,6,8-9,14H2. The van der Waals surface area contributed by atoms with Gasteiger partial charge in [-0.05, 0) is 18.6 Å². The van der Waals surface area contributed by atoms with Gasteiger partial charge in [0.1, 0.15) is 17.9 Å². The van der Waals surface area contributed by atoms with Gasteiger partial charge in [-0.25, -0.2) is 0 Å². The first-order valence-electron chi connectivity index (χ1n) is 5.64. The average molecular weight is 232 g/mol. The first-order valence-corrected chi connectivity index (χ1v) is 5.64. The lowest BCUT2D eigenvalue weighted by molar-refractivity contribution is 0.234. The number of hydrogen-bond acceptors (Lipinski definition) is 4. The molecule has 1 aromatic carbocycles. The first-order chi connectivity index (χ1) is 8.31. The van der Waals surface area contributed by atoms with Crippen molar-refractivity contribution in [3.8, 4) is 5.75 Å². The molecule has 0 saturated carbocycles. The molecule has 4 heteroatoms. The molecular weight excluding hydrogens is 216 g/mol. The number of pyridine rings is 1. The summed E-state index contributed by atoms with van der Waals surface area (Å²) in [6.45, 7) is 0.467. The smallest absolute Gasteiger partial charge is 0.145 e. The number of aliphatic hydroxyl groups is 1. The van der Waals surface area contributed by atoms with Crippen LogP contribution in [0.25, 0.3) is 10.9 Å². The summed E-state index contributed by atoms with van der Waals surface area (Å²) in [4.78, 5) is 4.29. The molecule has 1 aromatic heterocycles. The molecule has 0 aliphatic rings. The zero-order valence-electron chi connectivity index (χ0n) is 9.54. The molecule has 2 rings (SSSR count). The van der Waals surface area contributed by atoms with Crippen LogP contribution in [0.5, 0.6) is 5.75 Å². The molecule has 0 saturated heterocycles. The number of fused-ring (bicyclic) bond motifs is 1. The molecular formula is C13H16N2O2. The second kappa shape index (κ2) is 5.61. The first kappa shape index (κ1) is 11.8. The maximum Gasteiger partial charge on any atom is 0.145 e. The van der Waals surface area contributed by atoms with Crippen molar-refractivity contribution in [3.05, 3.63) is 36.5 Å². The van der Waals surface area contributed by atoms with Crippen LogP contribution in [-0.2, 0) is 0 Å². The number of rotatable bonds is 5. The highest BCUT2D eigenvalue weighted by Gasteiger charge is 2.06. The molecule has 17 heavy (non-hydrogen) atoms. The van der Waals surface area contributed by atoms with E-state index in [9.17, 15) is 0 Å². The third-order valence-corrected chi connectivity index (χ3v) is 2.55. The van der Waals surface area contributed by atoms with Gasteiger partial charge in [0.05, 0.1) is 0 Å². The van der Waals surface area contributed by atoms with Crippen molar-refractivity contribution in [3.63, 3.8) is 0 Å². The van der Waals surface area contributed by atoms with E-state index in [1.807, 2.05) is 30.3 Å². The number of ether oxygens (including phenoxy) is 1. The molecule has 0 spiro atoms. The Morgan fingerprint density at radius 2 is 2.12 bits per heavy atom. The number of benzene rings is 1. The fourth-order valence-corrected chi connectivity index (χ4v) is 1.64. The van der Waals surface area contributed by atoms with E-state index in [1.165, 1.54) is 0 Å². The molecule has 3 N–H and O–H groups in total. The Kier molecular flexibility index (Phi) is 3.90. The summed E-state index contributed by atoms with van der Waals surface area (Å²) in [5.41, 5.74) is 6.61. The minimum atomic E-state index is -0.154. The number of nitrogens with two attached hydrogens (primary N) is 1. The van der Waals surface area contributed by atoms with E-state index >= 15 is 0 Å². The average Bonchev–Trinajstić information content (AvgIpc) is 2.36. The van der Waals surface area contributed by atoms with E-state index in [0.717, 1.165) is 16.7 Å². The summed E-state index contributed by atoms with van der Waals surface area (Å²) < 4.78 is 5.64. The highest BCUT2D eigenvalue weighted by molar-refractivity contribution is 5.84. The quantitative estimate of drug-likeness (QED) is 0.816. The molecule has 1 atom stereocenters. The molecule has 0 radical (unpaired) electrons. The summed E-state index contributed by atoms with van der Waals surface area (Å²) in [5, 5.41) is 9.80. The molecule has 0 fully saturated rings. The molecule has 1 heterocycles. The number of nitrogens with zero attached hydrogens (tertiary/aromatic N) is 1. The highest BCUT2D eigenvalue weighted by Crippen LogP contribution is 2.22. The van der Waals surface area contributed by atoms with Gasteiger partial charge in [0.25, 0.3) is 0 Å². The topological polar surface area (TPSA) is 68.4 Å². The van der Waals surface area contributed by atoms with Crippen LogP contribution in [0.3, 0.4) is 0 Å². The molecule has 90 valence electrons. The lowest BCUT2D eigenvalue weighted by atomic mass is 10.2. The van der Waals surface area contributed by atoms with Crippen molar-refractivity contribution in [2.24, 2.45) is 5.73 Å². The van der Waals surface area contributed by atoms with Crippen molar-refractivity contribution < 1.29 is 9.84 Å². The summed E-state index contributed by atoms with van der Waals surface area (Å²) >= 11 is 0. The summed E-state index contributed by atoms with van der Waals surface area (Å²) in [6, 6.07) is 9.52. The lowest BCUT2D eigenvalue weighted by Gasteiger charge is -2.12. The van der Waals surface area contributed by atoms with Crippen molar-refractivity contribution in [1.82, 2.24) is 4.98 Å². The predicted molar refractivity (Wildman–Crippen MR) is 66.9 cm³/mol. The van der Waals surface area contributed by atoms with Gasteiger partial charge in [-0.2, -0.15) is 0 Å². The zero-order valence-corrected chi connectivity index (χ0v) is 9.54. The maximum absolute atomic E-state index is 8.76. The van der Waals surface area contributed by atoms with E-state index in [2.05, 4.69) is 4.98 Å². The van der Waals surface area contributed by atoms with Crippen LogP contribution in [0.2, 0.25) is 0 Å². The summed E-state index contributed by atoms with van der Waals surface area (Å²) in [7, 11) is 0. The van der Waals surface area contributed by atoms with Gasteiger partial charge in [0.15, 0.2) is 0 Å². The summed E-state index contributed by atoms with van der Waals surface area (Å²) in [6.07, 6.45) is 2.28. The second-order valence-corrected chi connectivity index (χ2v) is 3.91. The number of aromatic nitrogens is 1. The Balaban J connectivity index is 2.13. The Bertz CT molecular complexity index is 482. The molecule has 1 unspecified atom stereocenters. The monoisotopic (exact) mass is 232 g/mol. The third-order valence-electron chi connectivity index (χ3n) is 2.55. The molecule has 0 aliphatic carbocycles. The van der Waals surface area contributed by atoms with Gasteiger partial charge >= 0.3 is 0 Å². The molecule has 0 bridgehead atoms. The minimum Gasteiger partial charge on any atom is -0.490 e. The normalized spacial score (nSPS) is 12.6. The zero-order chi connectivity index (χ0) is 12.1. The third kappa shape index (κ3) is 2.93. The van der Waals surface area contributed by atoms with Crippen LogP contribution in [0, 0.1) is 0 Å². The van der Waals surface area contributed by atoms with Crippen LogP contribution < -0.4 is 10.5 Å². The van der Waals surface area contributed by atoms with E-state index < -0.39 is 0 Å². The van der Waals surface area contributed by atoms with E-state index in [-0.39, 0.29) is 12.6 Å². The number of para-hydroxylation sites is 1. The lowest BCUT2D eigenvalue weighted by Crippen LogP contribution is -2.28. The highest BCUT2D eigenvalue weighted by atomic mass is 16.5. The second-order valence-electron chi connectivity index (χ2n) is 3.91. The van der Waals surface area contributed by atoms with E-state index in [1.54, 1.807) is 6.20 Å². The van der Waals surface area contributed by atoms with E-state index in [0.29, 0.717) is 13.0 Å². The van der Waals surface area contributed by atoms with Crippen molar-refractivity contribution in [1.29, 1.82) is 0 Å². The SMILES string of the molecule is NC(CCO)COc1cccc2cccnc12. The molecule has 0 amide bonds. The van der Waals surface area contributed by atoms with Crippen molar-refractivity contribution in [2.45, 2.75) is 12.5 Å². The van der Waals surface area contributed by atoms with Crippen LogP contribution in [0.4, 0.5) is 0 Å². The fourth-order valence-electron chi connectivity index (χ4n) is 1.64. The fraction of sp³-hybridized carbons (Fsp3) is 0.308. The van der Waals surface area contributed by atoms with Crippen LogP contribution in [-0.4, -0.2) is 29.3 Å². The minimum absolute atomic E-state index is 0.0817. The van der Waals surface area contributed by atoms with Crippen molar-refractivity contribution >= 4 is 10.9 Å². The maximum atomic E-state index is 8.76. The summed E-state index contributed by atoms with van der Waals surface area (Å²) in [5.74, 6) is 0.733. The molecule has 2 aromatic rings. The predicted octanol–water partition coefficient (Wildman–Crippen LogP) is 1.32. The van der Waals surface area contributed by atoms with E-state index in [4.69, 9.17) is 15.6 Å². The number of hydrogen-bond donors (Lipinski definition) is 2. The Labute approximate surface area is 100 Å². The molecule has 4 nitrogen and oxygen atoms in total.